The van der Waals surface area contributed by atoms with Gasteiger partial charge in [0.2, 0.25) is 11.8 Å². The Hall–Kier alpha value is -4.24. The number of fused-ring (bicyclic) bond motifs is 1. The van der Waals surface area contributed by atoms with Crippen molar-refractivity contribution in [3.63, 3.8) is 0 Å². The Morgan fingerprint density at radius 2 is 1.73 bits per heavy atom. The normalized spacial score (nSPS) is 11.7. The van der Waals surface area contributed by atoms with E-state index in [4.69, 9.17) is 9.47 Å². The summed E-state index contributed by atoms with van der Waals surface area (Å²) >= 11 is 0. The average Bonchev–Trinajstić information content (AvgIpc) is 3.33. The molecule has 0 radical (unpaired) electrons. The van der Waals surface area contributed by atoms with Gasteiger partial charge < -0.3 is 19.7 Å². The number of nitrogens with one attached hydrogen (secondary N) is 1. The molecule has 1 N–H and O–H groups in total. The first-order valence-corrected chi connectivity index (χ1v) is 12.2. The van der Waals surface area contributed by atoms with Crippen molar-refractivity contribution in [3.8, 4) is 5.75 Å². The molecule has 0 saturated carbocycles. The van der Waals surface area contributed by atoms with Crippen LogP contribution in [-0.2, 0) is 27.4 Å². The SMILES string of the molecule is CCOc1ccccc1[C@H](C(=O)NCc1ccccc1)N(CCOC)C(=O)Cn1nnc2ccccc21. The van der Waals surface area contributed by atoms with Crippen molar-refractivity contribution in [1.82, 2.24) is 25.2 Å². The van der Waals surface area contributed by atoms with Crippen molar-refractivity contribution in [3.05, 3.63) is 90.0 Å². The Kier molecular flexibility index (Phi) is 8.83. The molecule has 0 aliphatic carbocycles. The first-order chi connectivity index (χ1) is 18.1. The van der Waals surface area contributed by atoms with Gasteiger partial charge in [0.15, 0.2) is 0 Å². The summed E-state index contributed by atoms with van der Waals surface area (Å²) in [5.41, 5.74) is 2.99. The van der Waals surface area contributed by atoms with Gasteiger partial charge in [0.05, 0.1) is 18.7 Å². The van der Waals surface area contributed by atoms with E-state index in [1.165, 1.54) is 4.90 Å². The van der Waals surface area contributed by atoms with Crippen molar-refractivity contribution in [2.45, 2.75) is 26.1 Å². The third-order valence-corrected chi connectivity index (χ3v) is 5.94. The van der Waals surface area contributed by atoms with Crippen LogP contribution in [0.2, 0.25) is 0 Å². The molecule has 0 aliphatic rings. The standard InChI is InChI=1S/C28H31N5O4/c1-3-37-25-16-10-7-13-22(25)27(28(35)29-19-21-11-5-4-6-12-21)32(17-18-36-2)26(34)20-33-24-15-9-8-14-23(24)30-31-33/h4-16,27H,3,17-20H2,1-2H3,(H,29,35)/t27-/m1/s1. The summed E-state index contributed by atoms with van der Waals surface area (Å²) in [5, 5.41) is 11.3. The molecule has 9 heteroatoms. The zero-order valence-corrected chi connectivity index (χ0v) is 21.0. The summed E-state index contributed by atoms with van der Waals surface area (Å²) in [6.07, 6.45) is 0. The molecule has 3 aromatic carbocycles. The van der Waals surface area contributed by atoms with E-state index in [1.54, 1.807) is 17.9 Å². The van der Waals surface area contributed by atoms with Gasteiger partial charge in [-0.25, -0.2) is 4.68 Å². The molecule has 1 atom stereocenters. The molecular weight excluding hydrogens is 470 g/mol. The highest BCUT2D eigenvalue weighted by Gasteiger charge is 2.33. The summed E-state index contributed by atoms with van der Waals surface area (Å²) < 4.78 is 12.7. The topological polar surface area (TPSA) is 98.6 Å². The van der Waals surface area contributed by atoms with Crippen LogP contribution in [0.3, 0.4) is 0 Å². The Morgan fingerprint density at radius 3 is 2.51 bits per heavy atom. The second-order valence-electron chi connectivity index (χ2n) is 8.39. The zero-order valence-electron chi connectivity index (χ0n) is 21.0. The second-order valence-corrected chi connectivity index (χ2v) is 8.39. The molecule has 0 aliphatic heterocycles. The minimum absolute atomic E-state index is 0.0799. The number of hydrogen-bond acceptors (Lipinski definition) is 6. The lowest BCUT2D eigenvalue weighted by atomic mass is 10.0. The highest BCUT2D eigenvalue weighted by molar-refractivity contribution is 5.89. The van der Waals surface area contributed by atoms with Gasteiger partial charge in [-0.05, 0) is 30.7 Å². The quantitative estimate of drug-likeness (QED) is 0.320. The zero-order chi connectivity index (χ0) is 26.0. The number of hydrogen-bond donors (Lipinski definition) is 1. The Balaban J connectivity index is 1.68. The third kappa shape index (κ3) is 6.31. The highest BCUT2D eigenvalue weighted by atomic mass is 16.5. The van der Waals surface area contributed by atoms with Gasteiger partial charge in [0.25, 0.3) is 0 Å². The van der Waals surface area contributed by atoms with Crippen molar-refractivity contribution >= 4 is 22.8 Å². The summed E-state index contributed by atoms with van der Waals surface area (Å²) in [5.74, 6) is -0.0611. The van der Waals surface area contributed by atoms with Gasteiger partial charge in [-0.1, -0.05) is 65.9 Å². The molecule has 0 fully saturated rings. The summed E-state index contributed by atoms with van der Waals surface area (Å²) in [7, 11) is 1.56. The van der Waals surface area contributed by atoms with E-state index in [-0.39, 0.29) is 31.5 Å². The van der Waals surface area contributed by atoms with Crippen LogP contribution < -0.4 is 10.1 Å². The third-order valence-electron chi connectivity index (χ3n) is 5.94. The number of carbonyl (C=O) groups is 2. The monoisotopic (exact) mass is 501 g/mol. The minimum atomic E-state index is -0.941. The lowest BCUT2D eigenvalue weighted by Gasteiger charge is -2.32. The van der Waals surface area contributed by atoms with E-state index in [0.29, 0.717) is 30.0 Å². The number of benzene rings is 3. The fourth-order valence-corrected chi connectivity index (χ4v) is 4.17. The minimum Gasteiger partial charge on any atom is -0.494 e. The van der Waals surface area contributed by atoms with E-state index in [0.717, 1.165) is 11.1 Å². The van der Waals surface area contributed by atoms with E-state index in [2.05, 4.69) is 15.6 Å². The number of methoxy groups -OCH3 is 1. The highest BCUT2D eigenvalue weighted by Crippen LogP contribution is 2.30. The van der Waals surface area contributed by atoms with E-state index in [9.17, 15) is 9.59 Å². The molecule has 0 bridgehead atoms. The molecule has 37 heavy (non-hydrogen) atoms. The molecule has 4 rings (SSSR count). The molecule has 2 amide bonds. The number of carbonyl (C=O) groups excluding carboxylic acids is 2. The van der Waals surface area contributed by atoms with Crippen molar-refractivity contribution in [2.75, 3.05) is 26.9 Å². The Morgan fingerprint density at radius 1 is 1.00 bits per heavy atom. The molecule has 4 aromatic rings. The van der Waals surface area contributed by atoms with Crippen molar-refractivity contribution in [2.24, 2.45) is 0 Å². The first-order valence-electron chi connectivity index (χ1n) is 12.2. The molecule has 1 aromatic heterocycles. The summed E-state index contributed by atoms with van der Waals surface area (Å²) in [4.78, 5) is 29.1. The Bertz CT molecular complexity index is 1320. The maximum Gasteiger partial charge on any atom is 0.247 e. The van der Waals surface area contributed by atoms with Gasteiger partial charge in [-0.3, -0.25) is 9.59 Å². The molecule has 9 nitrogen and oxygen atoms in total. The summed E-state index contributed by atoms with van der Waals surface area (Å²) in [6.45, 7) is 3.00. The fourth-order valence-electron chi connectivity index (χ4n) is 4.17. The fraction of sp³-hybridized carbons (Fsp3) is 0.286. The van der Waals surface area contributed by atoms with Crippen LogP contribution in [0.25, 0.3) is 11.0 Å². The molecule has 1 heterocycles. The van der Waals surface area contributed by atoms with Gasteiger partial charge >= 0.3 is 0 Å². The van der Waals surface area contributed by atoms with Crippen molar-refractivity contribution in [1.29, 1.82) is 0 Å². The number of aromatic nitrogens is 3. The van der Waals surface area contributed by atoms with Crippen LogP contribution in [0.4, 0.5) is 0 Å². The van der Waals surface area contributed by atoms with Gasteiger partial charge in [-0.15, -0.1) is 5.10 Å². The lowest BCUT2D eigenvalue weighted by Crippen LogP contribution is -2.46. The number of nitrogens with zero attached hydrogens (tertiary/aromatic N) is 4. The van der Waals surface area contributed by atoms with Crippen LogP contribution in [0, 0.1) is 0 Å². The van der Waals surface area contributed by atoms with Crippen LogP contribution >= 0.6 is 0 Å². The van der Waals surface area contributed by atoms with Gasteiger partial charge in [0, 0.05) is 25.8 Å². The van der Waals surface area contributed by atoms with Crippen LogP contribution in [0.1, 0.15) is 24.1 Å². The first kappa shape index (κ1) is 25.8. The van der Waals surface area contributed by atoms with Gasteiger partial charge in [0.1, 0.15) is 23.9 Å². The molecular formula is C28H31N5O4. The molecule has 0 saturated heterocycles. The maximum absolute atomic E-state index is 13.8. The largest absolute Gasteiger partial charge is 0.494 e. The van der Waals surface area contributed by atoms with Crippen LogP contribution in [0.5, 0.6) is 5.75 Å². The van der Waals surface area contributed by atoms with Crippen molar-refractivity contribution < 1.29 is 19.1 Å². The molecule has 0 spiro atoms. The van der Waals surface area contributed by atoms with Gasteiger partial charge in [-0.2, -0.15) is 0 Å². The number of para-hydroxylation sites is 2. The van der Waals surface area contributed by atoms with E-state index < -0.39 is 6.04 Å². The maximum atomic E-state index is 13.8. The van der Waals surface area contributed by atoms with Crippen LogP contribution in [-0.4, -0.2) is 58.6 Å². The lowest BCUT2D eigenvalue weighted by molar-refractivity contribution is -0.142. The summed E-state index contributed by atoms with van der Waals surface area (Å²) in [6, 6.07) is 23.4. The van der Waals surface area contributed by atoms with Crippen LogP contribution in [0.15, 0.2) is 78.9 Å². The van der Waals surface area contributed by atoms with E-state index >= 15 is 0 Å². The predicted molar refractivity (Wildman–Crippen MR) is 140 cm³/mol. The smallest absolute Gasteiger partial charge is 0.247 e. The number of amides is 2. The Labute approximate surface area is 216 Å². The average molecular weight is 502 g/mol. The van der Waals surface area contributed by atoms with E-state index in [1.807, 2.05) is 79.7 Å². The molecule has 192 valence electrons. The number of rotatable bonds is 12. The number of ether oxygens (including phenoxy) is 2. The molecule has 0 unspecified atom stereocenters. The predicted octanol–water partition coefficient (Wildman–Crippen LogP) is 3.36. The second kappa shape index (κ2) is 12.6.